The molecule has 2 aromatic rings. The summed E-state index contributed by atoms with van der Waals surface area (Å²) in [6, 6.07) is 9.76. The Kier molecular flexibility index (Phi) is 7.53. The number of amides is 4. The van der Waals surface area contributed by atoms with Gasteiger partial charge in [0.05, 0.1) is 28.4 Å². The molecule has 0 radical (unpaired) electrons. The number of carbonyl (C=O) groups excluding carboxylic acids is 4. The maximum Gasteiger partial charge on any atom is 0.261 e. The Balaban J connectivity index is 1.61. The van der Waals surface area contributed by atoms with E-state index in [0.717, 1.165) is 10.5 Å². The van der Waals surface area contributed by atoms with Gasteiger partial charge < -0.3 is 10.2 Å². The molecule has 7 nitrogen and oxygen atoms in total. The van der Waals surface area contributed by atoms with E-state index in [9.17, 15) is 19.2 Å². The number of benzene rings is 2. The topological polar surface area (TPSA) is 86.8 Å². The van der Waals surface area contributed by atoms with Gasteiger partial charge in [-0.25, -0.2) is 0 Å². The Morgan fingerprint density at radius 3 is 2.44 bits per heavy atom. The second-order valence-electron chi connectivity index (χ2n) is 7.55. The van der Waals surface area contributed by atoms with Crippen molar-refractivity contribution in [3.8, 4) is 0 Å². The van der Waals surface area contributed by atoms with E-state index < -0.39 is 17.7 Å². The third-order valence-corrected chi connectivity index (χ3v) is 5.61. The van der Waals surface area contributed by atoms with Crippen LogP contribution in [0.25, 0.3) is 0 Å². The van der Waals surface area contributed by atoms with E-state index in [0.29, 0.717) is 39.8 Å². The lowest BCUT2D eigenvalue weighted by Crippen LogP contribution is -2.41. The fourth-order valence-corrected chi connectivity index (χ4v) is 3.94. The maximum absolute atomic E-state index is 12.8. The van der Waals surface area contributed by atoms with Crippen molar-refractivity contribution in [2.75, 3.05) is 25.0 Å². The minimum absolute atomic E-state index is 0.0466. The van der Waals surface area contributed by atoms with Crippen LogP contribution in [0.3, 0.4) is 0 Å². The van der Waals surface area contributed by atoms with E-state index in [1.165, 1.54) is 11.0 Å². The van der Waals surface area contributed by atoms with Crippen molar-refractivity contribution >= 4 is 52.5 Å². The van der Waals surface area contributed by atoms with Gasteiger partial charge in [-0.15, -0.1) is 0 Å². The number of nitrogens with one attached hydrogen (secondary N) is 1. The molecule has 0 bridgehead atoms. The minimum Gasteiger partial charge on any atom is -0.333 e. The van der Waals surface area contributed by atoms with Gasteiger partial charge in [0, 0.05) is 24.5 Å². The van der Waals surface area contributed by atoms with Crippen molar-refractivity contribution in [2.24, 2.45) is 0 Å². The quantitative estimate of drug-likeness (QED) is 0.580. The minimum atomic E-state index is -0.410. The zero-order valence-electron chi connectivity index (χ0n) is 17.8. The summed E-state index contributed by atoms with van der Waals surface area (Å²) < 4.78 is 0. The first kappa shape index (κ1) is 23.8. The van der Waals surface area contributed by atoms with Crippen LogP contribution in [0.4, 0.5) is 5.69 Å². The number of carbonyl (C=O) groups is 4. The van der Waals surface area contributed by atoms with Crippen molar-refractivity contribution in [2.45, 2.75) is 26.7 Å². The standard InChI is InChI=1S/C23H23Cl2N3O4/c1-3-9-27(13-20(29)26-19-7-5-15(24)12-18(19)25)21(30)8-10-28-22(31)16-6-4-14(2)11-17(16)23(28)32/h4-7,11-12H,3,8-10,13H2,1-2H3,(H,26,29). The first-order valence-electron chi connectivity index (χ1n) is 10.2. The van der Waals surface area contributed by atoms with Gasteiger partial charge in [0.1, 0.15) is 0 Å². The van der Waals surface area contributed by atoms with E-state index >= 15 is 0 Å². The molecular formula is C23H23Cl2N3O4. The third kappa shape index (κ3) is 5.29. The van der Waals surface area contributed by atoms with E-state index in [1.807, 2.05) is 13.8 Å². The zero-order chi connectivity index (χ0) is 23.4. The van der Waals surface area contributed by atoms with Crippen LogP contribution in [0.2, 0.25) is 10.0 Å². The third-order valence-electron chi connectivity index (χ3n) is 5.06. The molecule has 32 heavy (non-hydrogen) atoms. The molecule has 1 aliphatic rings. The molecule has 0 saturated heterocycles. The molecule has 1 N–H and O–H groups in total. The predicted octanol–water partition coefficient (Wildman–Crippen LogP) is 4.17. The number of fused-ring (bicyclic) bond motifs is 1. The maximum atomic E-state index is 12.8. The molecule has 0 saturated carbocycles. The SMILES string of the molecule is CCCN(CC(=O)Nc1ccc(Cl)cc1Cl)C(=O)CCN1C(=O)c2ccc(C)cc2C1=O. The molecule has 168 valence electrons. The first-order valence-corrected chi connectivity index (χ1v) is 11.0. The number of imide groups is 1. The molecule has 9 heteroatoms. The number of nitrogens with zero attached hydrogens (tertiary/aromatic N) is 2. The molecule has 0 spiro atoms. The Bertz CT molecular complexity index is 1090. The van der Waals surface area contributed by atoms with Crippen molar-refractivity contribution in [3.05, 3.63) is 63.1 Å². The van der Waals surface area contributed by atoms with Crippen LogP contribution < -0.4 is 5.32 Å². The van der Waals surface area contributed by atoms with Crippen molar-refractivity contribution in [1.82, 2.24) is 9.80 Å². The molecule has 0 atom stereocenters. The highest BCUT2D eigenvalue weighted by Crippen LogP contribution is 2.26. The fourth-order valence-electron chi connectivity index (χ4n) is 3.49. The van der Waals surface area contributed by atoms with E-state index in [1.54, 1.807) is 30.3 Å². The van der Waals surface area contributed by atoms with Crippen molar-refractivity contribution in [3.63, 3.8) is 0 Å². The smallest absolute Gasteiger partial charge is 0.261 e. The van der Waals surface area contributed by atoms with Crippen molar-refractivity contribution in [1.29, 1.82) is 0 Å². The summed E-state index contributed by atoms with van der Waals surface area (Å²) in [6.07, 6.45) is 0.576. The summed E-state index contributed by atoms with van der Waals surface area (Å²) in [4.78, 5) is 52.9. The van der Waals surface area contributed by atoms with E-state index in [2.05, 4.69) is 5.32 Å². The van der Waals surface area contributed by atoms with Gasteiger partial charge in [-0.2, -0.15) is 0 Å². The molecule has 0 aromatic heterocycles. The Morgan fingerprint density at radius 1 is 1.03 bits per heavy atom. The average molecular weight is 476 g/mol. The Hall–Kier alpha value is -2.90. The molecule has 1 aliphatic heterocycles. The van der Waals surface area contributed by atoms with Crippen LogP contribution in [0.15, 0.2) is 36.4 Å². The lowest BCUT2D eigenvalue weighted by molar-refractivity contribution is -0.134. The summed E-state index contributed by atoms with van der Waals surface area (Å²) in [5, 5.41) is 3.40. The fraction of sp³-hybridized carbons (Fsp3) is 0.304. The highest BCUT2D eigenvalue weighted by atomic mass is 35.5. The van der Waals surface area contributed by atoms with Crippen molar-refractivity contribution < 1.29 is 19.2 Å². The van der Waals surface area contributed by atoms with Gasteiger partial charge in [-0.1, -0.05) is 41.8 Å². The number of halogens is 2. The second kappa shape index (κ2) is 10.1. The summed E-state index contributed by atoms with van der Waals surface area (Å²) >= 11 is 11.9. The Labute approximate surface area is 196 Å². The largest absolute Gasteiger partial charge is 0.333 e. The van der Waals surface area contributed by atoms with Crippen LogP contribution in [0, 0.1) is 6.92 Å². The van der Waals surface area contributed by atoms with Gasteiger partial charge in [0.2, 0.25) is 11.8 Å². The molecule has 0 aliphatic carbocycles. The summed E-state index contributed by atoms with van der Waals surface area (Å²) in [7, 11) is 0. The monoisotopic (exact) mass is 475 g/mol. The lowest BCUT2D eigenvalue weighted by Gasteiger charge is -2.23. The van der Waals surface area contributed by atoms with Gasteiger partial charge in [-0.3, -0.25) is 24.1 Å². The second-order valence-corrected chi connectivity index (χ2v) is 8.39. The molecule has 3 rings (SSSR count). The van der Waals surface area contributed by atoms with Crippen LogP contribution >= 0.6 is 23.2 Å². The molecule has 1 heterocycles. The highest BCUT2D eigenvalue weighted by molar-refractivity contribution is 6.36. The lowest BCUT2D eigenvalue weighted by atomic mass is 10.1. The predicted molar refractivity (Wildman–Crippen MR) is 123 cm³/mol. The number of aryl methyl sites for hydroxylation is 1. The molecule has 4 amide bonds. The van der Waals surface area contributed by atoms with Gasteiger partial charge in [0.15, 0.2) is 0 Å². The number of hydrogen-bond acceptors (Lipinski definition) is 4. The number of hydrogen-bond donors (Lipinski definition) is 1. The van der Waals surface area contributed by atoms with Crippen LogP contribution in [-0.4, -0.2) is 53.1 Å². The van der Waals surface area contributed by atoms with E-state index in [-0.39, 0.29) is 25.4 Å². The van der Waals surface area contributed by atoms with Gasteiger partial charge in [0.25, 0.3) is 11.8 Å². The van der Waals surface area contributed by atoms with Gasteiger partial charge >= 0.3 is 0 Å². The zero-order valence-corrected chi connectivity index (χ0v) is 19.3. The molecule has 0 unspecified atom stereocenters. The summed E-state index contributed by atoms with van der Waals surface area (Å²) in [5.74, 6) is -1.54. The van der Waals surface area contributed by atoms with E-state index in [4.69, 9.17) is 23.2 Å². The number of anilines is 1. The van der Waals surface area contributed by atoms with Crippen LogP contribution in [0.1, 0.15) is 46.0 Å². The summed E-state index contributed by atoms with van der Waals surface area (Å²) in [6.45, 7) is 3.87. The normalized spacial score (nSPS) is 12.7. The first-order chi connectivity index (χ1) is 15.2. The Morgan fingerprint density at radius 2 is 1.75 bits per heavy atom. The average Bonchev–Trinajstić information content (AvgIpc) is 2.97. The molecule has 2 aromatic carbocycles. The van der Waals surface area contributed by atoms with Gasteiger partial charge in [-0.05, 0) is 43.7 Å². The highest BCUT2D eigenvalue weighted by Gasteiger charge is 2.35. The molecule has 0 fully saturated rings. The van der Waals surface area contributed by atoms with Crippen LogP contribution in [0.5, 0.6) is 0 Å². The number of rotatable bonds is 8. The van der Waals surface area contributed by atoms with Crippen LogP contribution in [-0.2, 0) is 9.59 Å². The summed E-state index contributed by atoms with van der Waals surface area (Å²) in [5.41, 5.74) is 1.97. The molecular weight excluding hydrogens is 453 g/mol.